The fourth-order valence-corrected chi connectivity index (χ4v) is 2.71. The summed E-state index contributed by atoms with van der Waals surface area (Å²) in [5, 5.41) is 0.480. The van der Waals surface area contributed by atoms with Crippen molar-refractivity contribution < 1.29 is 19.2 Å². The van der Waals surface area contributed by atoms with Gasteiger partial charge in [0.05, 0.1) is 5.41 Å². The first-order valence-corrected chi connectivity index (χ1v) is 7.71. The number of amides is 2. The Labute approximate surface area is 139 Å². The predicted molar refractivity (Wildman–Crippen MR) is 86.9 cm³/mol. The summed E-state index contributed by atoms with van der Waals surface area (Å²) < 4.78 is 0. The van der Waals surface area contributed by atoms with Crippen LogP contribution in [0.1, 0.15) is 34.3 Å². The van der Waals surface area contributed by atoms with Crippen LogP contribution in [0.4, 0.5) is 0 Å². The number of carbonyl (C=O) groups is 3. The standard InChI is InChI=1S/C19H17NO4/c1-14-7-5-6-10-16(14)17(22)20(13-21)24-18(23)19(11-12-19)15-8-3-2-4-9-15/h2-10,13H,11-12H2,1H3. The van der Waals surface area contributed by atoms with Crippen LogP contribution in [0, 0.1) is 6.92 Å². The number of hydroxylamine groups is 2. The Morgan fingerprint density at radius 1 is 1.04 bits per heavy atom. The lowest BCUT2D eigenvalue weighted by Gasteiger charge is -2.19. The van der Waals surface area contributed by atoms with E-state index in [1.165, 1.54) is 0 Å². The van der Waals surface area contributed by atoms with Crippen molar-refractivity contribution in [2.24, 2.45) is 0 Å². The molecule has 24 heavy (non-hydrogen) atoms. The lowest BCUT2D eigenvalue weighted by molar-refractivity contribution is -0.182. The molecule has 5 heteroatoms. The van der Waals surface area contributed by atoms with Gasteiger partial charge < -0.3 is 4.84 Å². The molecule has 0 saturated heterocycles. The molecule has 2 amide bonds. The van der Waals surface area contributed by atoms with Crippen molar-refractivity contribution in [1.29, 1.82) is 0 Å². The minimum atomic E-state index is -0.755. The summed E-state index contributed by atoms with van der Waals surface area (Å²) in [5.41, 5.74) is 1.11. The average Bonchev–Trinajstić information content (AvgIpc) is 3.42. The number of aryl methyl sites for hydroxylation is 1. The Morgan fingerprint density at radius 3 is 2.25 bits per heavy atom. The summed E-state index contributed by atoms with van der Waals surface area (Å²) in [7, 11) is 0. The first-order chi connectivity index (χ1) is 11.6. The molecule has 0 radical (unpaired) electrons. The van der Waals surface area contributed by atoms with Crippen molar-refractivity contribution >= 4 is 18.3 Å². The Balaban J connectivity index is 1.79. The van der Waals surface area contributed by atoms with Gasteiger partial charge in [0.15, 0.2) is 0 Å². The maximum Gasteiger partial charge on any atom is 0.343 e. The highest BCUT2D eigenvalue weighted by atomic mass is 16.7. The van der Waals surface area contributed by atoms with Gasteiger partial charge in [-0.05, 0) is 37.0 Å². The zero-order chi connectivity index (χ0) is 17.2. The number of carbonyl (C=O) groups excluding carboxylic acids is 3. The zero-order valence-corrected chi connectivity index (χ0v) is 13.3. The molecule has 0 aliphatic heterocycles. The normalized spacial score (nSPS) is 14.5. The molecule has 5 nitrogen and oxygen atoms in total. The first-order valence-electron chi connectivity index (χ1n) is 7.71. The van der Waals surface area contributed by atoms with Gasteiger partial charge in [-0.2, -0.15) is 0 Å². The zero-order valence-electron chi connectivity index (χ0n) is 13.3. The lowest BCUT2D eigenvalue weighted by atomic mass is 9.96. The van der Waals surface area contributed by atoms with Crippen LogP contribution >= 0.6 is 0 Å². The molecule has 0 bridgehead atoms. The van der Waals surface area contributed by atoms with Crippen LogP contribution < -0.4 is 0 Å². The van der Waals surface area contributed by atoms with Crippen LogP contribution in [-0.4, -0.2) is 23.3 Å². The summed E-state index contributed by atoms with van der Waals surface area (Å²) >= 11 is 0. The largest absolute Gasteiger partial charge is 0.343 e. The molecular formula is C19H17NO4. The van der Waals surface area contributed by atoms with Crippen LogP contribution in [0.2, 0.25) is 0 Å². The number of benzene rings is 2. The van der Waals surface area contributed by atoms with E-state index >= 15 is 0 Å². The molecule has 1 aliphatic carbocycles. The van der Waals surface area contributed by atoms with Gasteiger partial charge >= 0.3 is 5.97 Å². The summed E-state index contributed by atoms with van der Waals surface area (Å²) in [6, 6.07) is 16.1. The number of nitrogens with zero attached hydrogens (tertiary/aromatic N) is 1. The number of rotatable bonds is 4. The molecule has 1 aliphatic rings. The highest BCUT2D eigenvalue weighted by Crippen LogP contribution is 2.49. The lowest BCUT2D eigenvalue weighted by Crippen LogP contribution is -2.37. The van der Waals surface area contributed by atoms with E-state index in [4.69, 9.17) is 4.84 Å². The van der Waals surface area contributed by atoms with E-state index in [0.717, 1.165) is 5.56 Å². The highest BCUT2D eigenvalue weighted by molar-refractivity contribution is 6.01. The topological polar surface area (TPSA) is 63.7 Å². The van der Waals surface area contributed by atoms with Crippen LogP contribution in [-0.2, 0) is 19.8 Å². The molecule has 0 atom stereocenters. The summed E-state index contributed by atoms with van der Waals surface area (Å²) in [6.07, 6.45) is 1.51. The van der Waals surface area contributed by atoms with E-state index in [9.17, 15) is 14.4 Å². The summed E-state index contributed by atoms with van der Waals surface area (Å²) in [5.74, 6) is -1.23. The van der Waals surface area contributed by atoms with Crippen molar-refractivity contribution in [3.05, 3.63) is 71.3 Å². The summed E-state index contributed by atoms with van der Waals surface area (Å²) in [6.45, 7) is 1.75. The Kier molecular flexibility index (Phi) is 4.16. The van der Waals surface area contributed by atoms with Gasteiger partial charge in [0, 0.05) is 5.56 Å². The molecule has 1 fully saturated rings. The molecule has 0 heterocycles. The second kappa shape index (κ2) is 6.28. The van der Waals surface area contributed by atoms with Crippen LogP contribution in [0.5, 0.6) is 0 Å². The van der Waals surface area contributed by atoms with Gasteiger partial charge in [0.1, 0.15) is 0 Å². The number of imide groups is 1. The first kappa shape index (κ1) is 15.9. The second-order valence-electron chi connectivity index (χ2n) is 5.88. The molecule has 3 rings (SSSR count). The highest BCUT2D eigenvalue weighted by Gasteiger charge is 2.54. The molecular weight excluding hydrogens is 306 g/mol. The van der Waals surface area contributed by atoms with Crippen molar-refractivity contribution in [3.8, 4) is 0 Å². The van der Waals surface area contributed by atoms with E-state index in [0.29, 0.717) is 29.0 Å². The third-order valence-electron chi connectivity index (χ3n) is 4.32. The molecule has 1 saturated carbocycles. The van der Waals surface area contributed by atoms with Gasteiger partial charge in [-0.25, -0.2) is 4.79 Å². The maximum absolute atomic E-state index is 12.5. The van der Waals surface area contributed by atoms with Crippen molar-refractivity contribution in [2.45, 2.75) is 25.2 Å². The quantitative estimate of drug-likeness (QED) is 0.641. The number of hydrogen-bond donors (Lipinski definition) is 0. The van der Waals surface area contributed by atoms with Gasteiger partial charge in [-0.15, -0.1) is 5.06 Å². The van der Waals surface area contributed by atoms with Gasteiger partial charge in [0.25, 0.3) is 12.3 Å². The molecule has 0 N–H and O–H groups in total. The predicted octanol–water partition coefficient (Wildman–Crippen LogP) is 2.78. The van der Waals surface area contributed by atoms with Crippen LogP contribution in [0.25, 0.3) is 0 Å². The average molecular weight is 323 g/mol. The SMILES string of the molecule is Cc1ccccc1C(=O)N(C=O)OC(=O)C1(c2ccccc2)CC1. The minimum absolute atomic E-state index is 0.230. The van der Waals surface area contributed by atoms with E-state index in [1.54, 1.807) is 31.2 Å². The van der Waals surface area contributed by atoms with Crippen LogP contribution in [0.15, 0.2) is 54.6 Å². The second-order valence-corrected chi connectivity index (χ2v) is 5.88. The Bertz CT molecular complexity index is 781. The van der Waals surface area contributed by atoms with Crippen molar-refractivity contribution in [2.75, 3.05) is 0 Å². The third-order valence-corrected chi connectivity index (χ3v) is 4.32. The van der Waals surface area contributed by atoms with Crippen molar-refractivity contribution in [1.82, 2.24) is 5.06 Å². The fourth-order valence-electron chi connectivity index (χ4n) is 2.71. The van der Waals surface area contributed by atoms with Gasteiger partial charge in [-0.3, -0.25) is 9.59 Å². The van der Waals surface area contributed by atoms with E-state index in [-0.39, 0.29) is 6.41 Å². The molecule has 0 spiro atoms. The number of hydrogen-bond acceptors (Lipinski definition) is 4. The minimum Gasteiger partial charge on any atom is -0.329 e. The van der Waals surface area contributed by atoms with Crippen molar-refractivity contribution in [3.63, 3.8) is 0 Å². The molecule has 2 aromatic carbocycles. The molecule has 0 aromatic heterocycles. The van der Waals surface area contributed by atoms with E-state index in [1.807, 2.05) is 30.3 Å². The molecule has 0 unspecified atom stereocenters. The monoisotopic (exact) mass is 323 g/mol. The fraction of sp³-hybridized carbons (Fsp3) is 0.211. The smallest absolute Gasteiger partial charge is 0.329 e. The maximum atomic E-state index is 12.5. The van der Waals surface area contributed by atoms with E-state index in [2.05, 4.69) is 0 Å². The third kappa shape index (κ3) is 2.80. The summed E-state index contributed by atoms with van der Waals surface area (Å²) in [4.78, 5) is 41.4. The van der Waals surface area contributed by atoms with Gasteiger partial charge in [-0.1, -0.05) is 48.5 Å². The Morgan fingerprint density at radius 2 is 1.67 bits per heavy atom. The van der Waals surface area contributed by atoms with Gasteiger partial charge in [0.2, 0.25) is 0 Å². The molecule has 122 valence electrons. The Hall–Kier alpha value is -2.95. The van der Waals surface area contributed by atoms with E-state index < -0.39 is 17.3 Å². The van der Waals surface area contributed by atoms with Crippen LogP contribution in [0.3, 0.4) is 0 Å². The molecule has 2 aromatic rings.